The summed E-state index contributed by atoms with van der Waals surface area (Å²) in [7, 11) is 0. The minimum atomic E-state index is 0.548. The molecule has 3 rings (SSSR count). The molecule has 7 heteroatoms. The van der Waals surface area contributed by atoms with Crippen molar-refractivity contribution in [3.63, 3.8) is 0 Å². The molecule has 0 saturated carbocycles. The van der Waals surface area contributed by atoms with Gasteiger partial charge in [-0.1, -0.05) is 29.5 Å². The number of thioether (sulfide) groups is 1. The number of anilines is 1. The fourth-order valence-electron chi connectivity index (χ4n) is 2.74. The van der Waals surface area contributed by atoms with E-state index in [1.807, 2.05) is 0 Å². The molecular weight excluding hydrogens is 324 g/mol. The number of ether oxygens (including phenoxy) is 1. The average molecular weight is 349 g/mol. The maximum atomic E-state index is 5.70. The minimum absolute atomic E-state index is 0.548. The van der Waals surface area contributed by atoms with Crippen LogP contribution in [0.2, 0.25) is 0 Å². The SMILES string of the molecule is Cc1ccc(NCc2nnc(SCC[NH+]3CCOCC3)o2)c(C)c1. The predicted octanol–water partition coefficient (Wildman–Crippen LogP) is 1.31. The van der Waals surface area contributed by atoms with Crippen molar-refractivity contribution in [3.8, 4) is 0 Å². The summed E-state index contributed by atoms with van der Waals surface area (Å²) in [5.41, 5.74) is 3.58. The standard InChI is InChI=1S/C17H24N4O2S/c1-13-3-4-15(14(2)11-13)18-12-16-19-20-17(23-16)24-10-7-21-5-8-22-9-6-21/h3-4,11,18H,5-10,12H2,1-2H3/p+1. The van der Waals surface area contributed by atoms with Crippen LogP contribution in [0.4, 0.5) is 5.69 Å². The van der Waals surface area contributed by atoms with Crippen molar-refractivity contribution in [3.05, 3.63) is 35.2 Å². The van der Waals surface area contributed by atoms with Crippen molar-refractivity contribution in [1.82, 2.24) is 10.2 Å². The summed E-state index contributed by atoms with van der Waals surface area (Å²) in [6.07, 6.45) is 0. The highest BCUT2D eigenvalue weighted by Gasteiger charge is 2.14. The quantitative estimate of drug-likeness (QED) is 0.735. The van der Waals surface area contributed by atoms with Crippen LogP contribution in [0.25, 0.3) is 0 Å². The maximum absolute atomic E-state index is 5.70. The second-order valence-corrected chi connectivity index (χ2v) is 7.14. The van der Waals surface area contributed by atoms with E-state index in [1.54, 1.807) is 16.7 Å². The molecular formula is C17H25N4O2S+. The van der Waals surface area contributed by atoms with Crippen LogP contribution in [0.15, 0.2) is 27.8 Å². The van der Waals surface area contributed by atoms with Crippen molar-refractivity contribution < 1.29 is 14.1 Å². The highest BCUT2D eigenvalue weighted by atomic mass is 32.2. The first-order chi connectivity index (χ1) is 11.7. The van der Waals surface area contributed by atoms with Crippen LogP contribution < -0.4 is 10.2 Å². The van der Waals surface area contributed by atoms with Crippen molar-refractivity contribution in [1.29, 1.82) is 0 Å². The van der Waals surface area contributed by atoms with E-state index in [1.165, 1.54) is 11.1 Å². The van der Waals surface area contributed by atoms with E-state index in [-0.39, 0.29) is 0 Å². The molecule has 6 nitrogen and oxygen atoms in total. The van der Waals surface area contributed by atoms with Gasteiger partial charge < -0.3 is 19.4 Å². The Bertz CT molecular complexity index is 656. The fourth-order valence-corrected chi connectivity index (χ4v) is 3.56. The Morgan fingerprint density at radius 1 is 1.21 bits per heavy atom. The third-order valence-corrected chi connectivity index (χ3v) is 4.96. The molecule has 2 N–H and O–H groups in total. The monoisotopic (exact) mass is 349 g/mol. The van der Waals surface area contributed by atoms with E-state index >= 15 is 0 Å². The van der Waals surface area contributed by atoms with Gasteiger partial charge in [0.1, 0.15) is 13.1 Å². The molecule has 0 bridgehead atoms. The highest BCUT2D eigenvalue weighted by molar-refractivity contribution is 7.99. The van der Waals surface area contributed by atoms with Crippen LogP contribution in [0.5, 0.6) is 0 Å². The van der Waals surface area contributed by atoms with Crippen LogP contribution in [0.1, 0.15) is 17.0 Å². The summed E-state index contributed by atoms with van der Waals surface area (Å²) in [6, 6.07) is 6.34. The van der Waals surface area contributed by atoms with Gasteiger partial charge >= 0.3 is 0 Å². The maximum Gasteiger partial charge on any atom is 0.276 e. The van der Waals surface area contributed by atoms with Gasteiger partial charge in [0.2, 0.25) is 5.89 Å². The van der Waals surface area contributed by atoms with Gasteiger partial charge in [-0.15, -0.1) is 10.2 Å². The lowest BCUT2D eigenvalue weighted by atomic mass is 10.1. The number of hydrogen-bond acceptors (Lipinski definition) is 6. The van der Waals surface area contributed by atoms with Crippen molar-refractivity contribution >= 4 is 17.4 Å². The first kappa shape index (κ1) is 17.3. The summed E-state index contributed by atoms with van der Waals surface area (Å²) in [6.45, 7) is 9.77. The first-order valence-corrected chi connectivity index (χ1v) is 9.37. The zero-order valence-electron chi connectivity index (χ0n) is 14.3. The van der Waals surface area contributed by atoms with Crippen molar-refractivity contribution in [2.45, 2.75) is 25.6 Å². The van der Waals surface area contributed by atoms with Gasteiger partial charge in [0.25, 0.3) is 5.22 Å². The topological polar surface area (TPSA) is 64.6 Å². The Morgan fingerprint density at radius 3 is 2.83 bits per heavy atom. The first-order valence-electron chi connectivity index (χ1n) is 8.38. The predicted molar refractivity (Wildman–Crippen MR) is 94.6 cm³/mol. The molecule has 130 valence electrons. The van der Waals surface area contributed by atoms with E-state index in [0.717, 1.165) is 44.3 Å². The van der Waals surface area contributed by atoms with E-state index in [9.17, 15) is 0 Å². The lowest BCUT2D eigenvalue weighted by Crippen LogP contribution is -3.14. The van der Waals surface area contributed by atoms with Crippen LogP contribution in [0, 0.1) is 13.8 Å². The number of quaternary nitrogens is 1. The number of nitrogens with one attached hydrogen (secondary N) is 2. The van der Waals surface area contributed by atoms with Crippen LogP contribution in [-0.4, -0.2) is 48.8 Å². The summed E-state index contributed by atoms with van der Waals surface area (Å²) < 4.78 is 11.1. The fraction of sp³-hybridized carbons (Fsp3) is 0.529. The molecule has 1 aromatic heterocycles. The lowest BCUT2D eigenvalue weighted by molar-refractivity contribution is -0.905. The Kier molecular flexibility index (Phi) is 6.12. The zero-order valence-corrected chi connectivity index (χ0v) is 15.1. The Labute approximate surface area is 147 Å². The van der Waals surface area contributed by atoms with Gasteiger partial charge in [-0.25, -0.2) is 0 Å². The van der Waals surface area contributed by atoms with Crippen molar-refractivity contribution in [2.24, 2.45) is 0 Å². The number of morpholine rings is 1. The highest BCUT2D eigenvalue weighted by Crippen LogP contribution is 2.18. The Morgan fingerprint density at radius 2 is 2.04 bits per heavy atom. The second-order valence-electron chi connectivity index (χ2n) is 6.09. The summed E-state index contributed by atoms with van der Waals surface area (Å²) in [4.78, 5) is 1.59. The molecule has 2 heterocycles. The molecule has 1 aromatic carbocycles. The molecule has 0 spiro atoms. The van der Waals surface area contributed by atoms with Gasteiger partial charge in [-0.05, 0) is 25.5 Å². The molecule has 0 aliphatic carbocycles. The average Bonchev–Trinajstić information content (AvgIpc) is 3.03. The number of aryl methyl sites for hydroxylation is 2. The second kappa shape index (κ2) is 8.50. The van der Waals surface area contributed by atoms with Crippen LogP contribution in [0.3, 0.4) is 0 Å². The third-order valence-electron chi connectivity index (χ3n) is 4.14. The van der Waals surface area contributed by atoms with Gasteiger partial charge in [0, 0.05) is 5.69 Å². The largest absolute Gasteiger partial charge is 0.414 e. The van der Waals surface area contributed by atoms with Gasteiger partial charge in [-0.3, -0.25) is 0 Å². The summed E-state index contributed by atoms with van der Waals surface area (Å²) >= 11 is 1.63. The number of rotatable bonds is 7. The molecule has 0 amide bonds. The minimum Gasteiger partial charge on any atom is -0.414 e. The van der Waals surface area contributed by atoms with Crippen LogP contribution >= 0.6 is 11.8 Å². The summed E-state index contributed by atoms with van der Waals surface area (Å²) in [5, 5.41) is 12.2. The van der Waals surface area contributed by atoms with E-state index in [0.29, 0.717) is 17.7 Å². The van der Waals surface area contributed by atoms with Gasteiger partial charge in [-0.2, -0.15) is 0 Å². The Balaban J connectivity index is 1.43. The van der Waals surface area contributed by atoms with Gasteiger partial charge in [0.05, 0.1) is 32.1 Å². The lowest BCUT2D eigenvalue weighted by Gasteiger charge is -2.23. The van der Waals surface area contributed by atoms with E-state index in [4.69, 9.17) is 9.15 Å². The van der Waals surface area contributed by atoms with Crippen LogP contribution in [-0.2, 0) is 11.3 Å². The Hall–Kier alpha value is -1.57. The number of nitrogens with zero attached hydrogens (tertiary/aromatic N) is 2. The van der Waals surface area contributed by atoms with E-state index in [2.05, 4.69) is 47.6 Å². The third kappa shape index (κ3) is 4.96. The van der Waals surface area contributed by atoms with Gasteiger partial charge in [0.15, 0.2) is 0 Å². The molecule has 1 saturated heterocycles. The molecule has 1 aliphatic rings. The summed E-state index contributed by atoms with van der Waals surface area (Å²) in [5.74, 6) is 1.61. The molecule has 1 aliphatic heterocycles. The molecule has 0 radical (unpaired) electrons. The molecule has 0 atom stereocenters. The molecule has 24 heavy (non-hydrogen) atoms. The number of aromatic nitrogens is 2. The number of benzene rings is 1. The normalized spacial score (nSPS) is 15.6. The van der Waals surface area contributed by atoms with Crippen molar-refractivity contribution in [2.75, 3.05) is 43.9 Å². The van der Waals surface area contributed by atoms with E-state index < -0.39 is 0 Å². The molecule has 2 aromatic rings. The molecule has 1 fully saturated rings. The number of hydrogen-bond donors (Lipinski definition) is 2. The molecule has 0 unspecified atom stereocenters. The zero-order chi connectivity index (χ0) is 16.8. The smallest absolute Gasteiger partial charge is 0.276 e.